The Morgan fingerprint density at radius 3 is 2.72 bits per heavy atom. The number of carbonyl (C=O) groups is 1. The molecule has 1 amide bonds. The Balaban J connectivity index is 1.27. The van der Waals surface area contributed by atoms with Crippen molar-refractivity contribution in [3.63, 3.8) is 0 Å². The number of nitrogens with zero attached hydrogens (tertiary/aromatic N) is 5. The number of imidazole rings is 1. The molecule has 0 radical (unpaired) electrons. The van der Waals surface area contributed by atoms with Crippen molar-refractivity contribution in [3.05, 3.63) is 36.3 Å². The topological polar surface area (TPSA) is 73.1 Å². The molecule has 1 aliphatic heterocycles. The molecule has 0 N–H and O–H groups in total. The van der Waals surface area contributed by atoms with Crippen LogP contribution in [0.5, 0.6) is 5.88 Å². The van der Waals surface area contributed by atoms with Crippen LogP contribution in [0.2, 0.25) is 0 Å². The predicted molar refractivity (Wildman–Crippen MR) is 91.3 cm³/mol. The van der Waals surface area contributed by atoms with Gasteiger partial charge in [0.05, 0.1) is 24.8 Å². The van der Waals surface area contributed by atoms with E-state index in [1.54, 1.807) is 23.4 Å². The third-order valence-corrected chi connectivity index (χ3v) is 5.06. The van der Waals surface area contributed by atoms with Crippen LogP contribution in [0.25, 0.3) is 0 Å². The number of amides is 1. The molecule has 132 valence electrons. The van der Waals surface area contributed by atoms with E-state index in [4.69, 9.17) is 4.74 Å². The first kappa shape index (κ1) is 16.1. The fourth-order valence-corrected chi connectivity index (χ4v) is 3.27. The van der Waals surface area contributed by atoms with Gasteiger partial charge < -0.3 is 14.2 Å². The molecule has 1 saturated carbocycles. The number of ether oxygens (including phenoxy) is 1. The molecular weight excluding hydrogens is 318 g/mol. The highest BCUT2D eigenvalue weighted by molar-refractivity contribution is 5.92. The van der Waals surface area contributed by atoms with Gasteiger partial charge in [0.2, 0.25) is 5.88 Å². The van der Waals surface area contributed by atoms with Crippen LogP contribution in [0, 0.1) is 5.92 Å². The first-order valence-corrected chi connectivity index (χ1v) is 8.91. The molecule has 2 fully saturated rings. The molecule has 0 bridgehead atoms. The summed E-state index contributed by atoms with van der Waals surface area (Å²) in [7, 11) is 1.85. The van der Waals surface area contributed by atoms with Crippen LogP contribution in [0.1, 0.15) is 47.8 Å². The van der Waals surface area contributed by atoms with Crippen molar-refractivity contribution >= 4 is 5.91 Å². The van der Waals surface area contributed by atoms with Crippen molar-refractivity contribution < 1.29 is 9.53 Å². The zero-order chi connectivity index (χ0) is 17.2. The molecule has 1 saturated heterocycles. The van der Waals surface area contributed by atoms with E-state index in [0.717, 1.165) is 31.6 Å². The minimum absolute atomic E-state index is 0.0595. The van der Waals surface area contributed by atoms with Crippen LogP contribution in [-0.4, -0.2) is 50.0 Å². The van der Waals surface area contributed by atoms with Gasteiger partial charge >= 0.3 is 0 Å². The lowest BCUT2D eigenvalue weighted by atomic mass is 9.97. The second kappa shape index (κ2) is 6.82. The van der Waals surface area contributed by atoms with Crippen LogP contribution in [0.3, 0.4) is 0 Å². The number of hydrogen-bond donors (Lipinski definition) is 0. The number of hydrogen-bond acceptors (Lipinski definition) is 5. The minimum atomic E-state index is 0.0595. The van der Waals surface area contributed by atoms with Gasteiger partial charge in [0.15, 0.2) is 0 Å². The highest BCUT2D eigenvalue weighted by Gasteiger charge is 2.27. The van der Waals surface area contributed by atoms with Gasteiger partial charge in [-0.05, 0) is 31.6 Å². The van der Waals surface area contributed by atoms with Gasteiger partial charge in [0, 0.05) is 32.1 Å². The fraction of sp³-hybridized carbons (Fsp3) is 0.556. The monoisotopic (exact) mass is 341 g/mol. The number of likely N-dealkylation sites (tertiary alicyclic amines) is 1. The summed E-state index contributed by atoms with van der Waals surface area (Å²) in [5.74, 6) is 1.79. The summed E-state index contributed by atoms with van der Waals surface area (Å²) >= 11 is 0. The van der Waals surface area contributed by atoms with E-state index in [-0.39, 0.29) is 5.91 Å². The fourth-order valence-electron chi connectivity index (χ4n) is 3.27. The second-order valence-electron chi connectivity index (χ2n) is 6.99. The van der Waals surface area contributed by atoms with Crippen LogP contribution in [-0.2, 0) is 7.05 Å². The lowest BCUT2D eigenvalue weighted by Crippen LogP contribution is -2.40. The van der Waals surface area contributed by atoms with Crippen LogP contribution in [0.15, 0.2) is 24.9 Å². The van der Waals surface area contributed by atoms with Crippen LogP contribution in [0.4, 0.5) is 0 Å². The van der Waals surface area contributed by atoms with Crippen molar-refractivity contribution in [2.45, 2.75) is 31.6 Å². The van der Waals surface area contributed by atoms with Crippen molar-refractivity contribution in [1.82, 2.24) is 24.4 Å². The Hall–Kier alpha value is -2.44. The Labute approximate surface area is 147 Å². The second-order valence-corrected chi connectivity index (χ2v) is 6.99. The molecule has 7 nitrogen and oxygen atoms in total. The smallest absolute Gasteiger partial charge is 0.272 e. The maximum atomic E-state index is 12.5. The first-order chi connectivity index (χ1) is 12.2. The summed E-state index contributed by atoms with van der Waals surface area (Å²) in [6.45, 7) is 2.17. The molecule has 2 aromatic heterocycles. The summed E-state index contributed by atoms with van der Waals surface area (Å²) < 4.78 is 7.65. The van der Waals surface area contributed by atoms with Gasteiger partial charge in [-0.15, -0.1) is 0 Å². The summed E-state index contributed by atoms with van der Waals surface area (Å²) in [6, 6.07) is 1.97. The van der Waals surface area contributed by atoms with Gasteiger partial charge in [0.25, 0.3) is 5.91 Å². The van der Waals surface area contributed by atoms with E-state index in [1.807, 2.05) is 18.0 Å². The Kier molecular flexibility index (Phi) is 4.38. The summed E-state index contributed by atoms with van der Waals surface area (Å²) in [4.78, 5) is 26.9. The molecule has 1 aliphatic carbocycles. The SMILES string of the molecule is Cn1cncc1C(=O)N1CCC(COc2cc(C3CC3)ncn2)CC1. The molecule has 4 rings (SSSR count). The Morgan fingerprint density at radius 2 is 2.04 bits per heavy atom. The number of carbonyl (C=O) groups excluding carboxylic acids is 1. The van der Waals surface area contributed by atoms with Gasteiger partial charge in [-0.25, -0.2) is 15.0 Å². The van der Waals surface area contributed by atoms with E-state index in [0.29, 0.717) is 30.0 Å². The highest BCUT2D eigenvalue weighted by atomic mass is 16.5. The van der Waals surface area contributed by atoms with E-state index < -0.39 is 0 Å². The maximum Gasteiger partial charge on any atom is 0.272 e. The van der Waals surface area contributed by atoms with Crippen LogP contribution >= 0.6 is 0 Å². The third kappa shape index (κ3) is 3.65. The van der Waals surface area contributed by atoms with Gasteiger partial charge in [-0.3, -0.25) is 4.79 Å². The highest BCUT2D eigenvalue weighted by Crippen LogP contribution is 2.39. The average molecular weight is 341 g/mol. The maximum absolute atomic E-state index is 12.5. The number of aromatic nitrogens is 4. The standard InChI is InChI=1S/C18H23N5O2/c1-22-12-19-9-16(22)18(24)23-6-4-13(5-7-23)10-25-17-8-15(14-2-3-14)20-11-21-17/h8-9,11-14H,2-7,10H2,1H3. The van der Waals surface area contributed by atoms with Crippen molar-refractivity contribution in [2.24, 2.45) is 13.0 Å². The minimum Gasteiger partial charge on any atom is -0.477 e. The van der Waals surface area contributed by atoms with E-state index in [9.17, 15) is 4.79 Å². The molecular formula is C18H23N5O2. The number of piperidine rings is 1. The first-order valence-electron chi connectivity index (χ1n) is 8.91. The van der Waals surface area contributed by atoms with E-state index in [2.05, 4.69) is 15.0 Å². The van der Waals surface area contributed by atoms with Gasteiger partial charge in [-0.2, -0.15) is 0 Å². The van der Waals surface area contributed by atoms with Gasteiger partial charge in [0.1, 0.15) is 12.0 Å². The molecule has 2 aromatic rings. The average Bonchev–Trinajstić information content (AvgIpc) is 3.41. The molecule has 25 heavy (non-hydrogen) atoms. The van der Waals surface area contributed by atoms with E-state index >= 15 is 0 Å². The number of rotatable bonds is 5. The van der Waals surface area contributed by atoms with Crippen molar-refractivity contribution in [1.29, 1.82) is 0 Å². The molecule has 0 atom stereocenters. The predicted octanol–water partition coefficient (Wildman–Crippen LogP) is 2.02. The molecule has 3 heterocycles. The van der Waals surface area contributed by atoms with Crippen LogP contribution < -0.4 is 4.74 Å². The number of aryl methyl sites for hydroxylation is 1. The van der Waals surface area contributed by atoms with Gasteiger partial charge in [-0.1, -0.05) is 0 Å². The third-order valence-electron chi connectivity index (χ3n) is 5.06. The normalized spacial score (nSPS) is 18.4. The van der Waals surface area contributed by atoms with Crippen molar-refractivity contribution in [2.75, 3.05) is 19.7 Å². The summed E-state index contributed by atoms with van der Waals surface area (Å²) in [6.07, 6.45) is 9.22. The largest absolute Gasteiger partial charge is 0.477 e. The van der Waals surface area contributed by atoms with E-state index in [1.165, 1.54) is 12.8 Å². The molecule has 2 aliphatic rings. The molecule has 0 aromatic carbocycles. The van der Waals surface area contributed by atoms with Crippen molar-refractivity contribution in [3.8, 4) is 5.88 Å². The Morgan fingerprint density at radius 1 is 1.24 bits per heavy atom. The zero-order valence-corrected chi connectivity index (χ0v) is 14.5. The summed E-state index contributed by atoms with van der Waals surface area (Å²) in [5.41, 5.74) is 1.74. The molecule has 7 heteroatoms. The lowest BCUT2D eigenvalue weighted by molar-refractivity contribution is 0.0650. The zero-order valence-electron chi connectivity index (χ0n) is 14.5. The summed E-state index contributed by atoms with van der Waals surface area (Å²) in [5, 5.41) is 0. The molecule has 0 unspecified atom stereocenters. The Bertz CT molecular complexity index is 747. The molecule has 0 spiro atoms. The quantitative estimate of drug-likeness (QED) is 0.832. The lowest BCUT2D eigenvalue weighted by Gasteiger charge is -2.31.